The SMILES string of the molecule is c1ccc(-c2nc(-c3ccccc3)nc(-c3c(-c4ccc5c(c4)oc4ccccc45)cccc3-c3cccc4sc5ccccc5c34)n2)cc1. The molecule has 0 aliphatic carbocycles. The molecule has 0 fully saturated rings. The summed E-state index contributed by atoms with van der Waals surface area (Å²) in [6.07, 6.45) is 0. The lowest BCUT2D eigenvalue weighted by Crippen LogP contribution is -2.02. The van der Waals surface area contributed by atoms with E-state index in [2.05, 4.69) is 115 Å². The highest BCUT2D eigenvalue weighted by Gasteiger charge is 2.22. The molecule has 3 heterocycles. The van der Waals surface area contributed by atoms with Gasteiger partial charge in [-0.05, 0) is 52.6 Å². The van der Waals surface area contributed by atoms with E-state index in [1.165, 1.54) is 20.2 Å². The number of hydrogen-bond donors (Lipinski definition) is 0. The van der Waals surface area contributed by atoms with Crippen LogP contribution in [0.3, 0.4) is 0 Å². The molecule has 0 spiro atoms. The van der Waals surface area contributed by atoms with Crippen molar-refractivity contribution in [1.29, 1.82) is 0 Å². The van der Waals surface area contributed by atoms with Gasteiger partial charge in [-0.3, -0.25) is 0 Å². The number of benzene rings is 7. The molecule has 0 unspecified atom stereocenters. The van der Waals surface area contributed by atoms with E-state index in [1.54, 1.807) is 0 Å². The Hall–Kier alpha value is -6.43. The summed E-state index contributed by atoms with van der Waals surface area (Å²) in [5.41, 5.74) is 8.78. The summed E-state index contributed by atoms with van der Waals surface area (Å²) in [5, 5.41) is 4.68. The summed E-state index contributed by atoms with van der Waals surface area (Å²) >= 11 is 1.82. The average Bonchev–Trinajstić information content (AvgIpc) is 3.76. The number of aromatic nitrogens is 3. The van der Waals surface area contributed by atoms with Crippen molar-refractivity contribution in [2.45, 2.75) is 0 Å². The third-order valence-electron chi connectivity index (χ3n) is 9.37. The highest BCUT2D eigenvalue weighted by molar-refractivity contribution is 7.25. The molecule has 0 radical (unpaired) electrons. The van der Waals surface area contributed by atoms with Crippen LogP contribution in [-0.2, 0) is 0 Å². The molecule has 4 nitrogen and oxygen atoms in total. The number of hydrogen-bond acceptors (Lipinski definition) is 5. The lowest BCUT2D eigenvalue weighted by atomic mass is 9.89. The first kappa shape index (κ1) is 28.6. The van der Waals surface area contributed by atoms with E-state index in [1.807, 2.05) is 59.9 Å². The predicted octanol–water partition coefficient (Wildman–Crippen LogP) is 12.5. The molecular weight excluding hydrogens is 631 g/mol. The lowest BCUT2D eigenvalue weighted by molar-refractivity contribution is 0.669. The van der Waals surface area contributed by atoms with E-state index in [0.29, 0.717) is 17.5 Å². The second-order valence-corrected chi connectivity index (χ2v) is 13.4. The molecule has 0 aliphatic heterocycles. The maximum atomic E-state index is 6.38. The van der Waals surface area contributed by atoms with Gasteiger partial charge in [-0.15, -0.1) is 11.3 Å². The van der Waals surface area contributed by atoms with Crippen LogP contribution in [0, 0.1) is 0 Å². The number of fused-ring (bicyclic) bond motifs is 6. The maximum absolute atomic E-state index is 6.38. The molecule has 5 heteroatoms. The highest BCUT2D eigenvalue weighted by atomic mass is 32.1. The van der Waals surface area contributed by atoms with E-state index >= 15 is 0 Å². The maximum Gasteiger partial charge on any atom is 0.165 e. The predicted molar refractivity (Wildman–Crippen MR) is 207 cm³/mol. The zero-order chi connectivity index (χ0) is 33.0. The van der Waals surface area contributed by atoms with Crippen molar-refractivity contribution >= 4 is 53.4 Å². The number of rotatable bonds is 5. The van der Waals surface area contributed by atoms with Crippen LogP contribution in [-0.4, -0.2) is 15.0 Å². The highest BCUT2D eigenvalue weighted by Crippen LogP contribution is 2.46. The normalized spacial score (nSPS) is 11.6. The number of furan rings is 1. The monoisotopic (exact) mass is 657 g/mol. The van der Waals surface area contributed by atoms with Gasteiger partial charge in [0.05, 0.1) is 0 Å². The first-order valence-corrected chi connectivity index (χ1v) is 17.4. The van der Waals surface area contributed by atoms with E-state index in [-0.39, 0.29) is 0 Å². The minimum absolute atomic E-state index is 0.615. The fourth-order valence-corrected chi connectivity index (χ4v) is 8.20. The van der Waals surface area contributed by atoms with Crippen molar-refractivity contribution in [2.75, 3.05) is 0 Å². The van der Waals surface area contributed by atoms with Gasteiger partial charge in [-0.2, -0.15) is 0 Å². The average molecular weight is 658 g/mol. The third kappa shape index (κ3) is 4.71. The van der Waals surface area contributed by atoms with Gasteiger partial charge < -0.3 is 4.42 Å². The Morgan fingerprint density at radius 3 is 1.74 bits per heavy atom. The number of thiophene rings is 1. The molecule has 0 amide bonds. The Balaban J connectivity index is 1.30. The first-order chi connectivity index (χ1) is 24.8. The minimum atomic E-state index is 0.615. The van der Waals surface area contributed by atoms with E-state index < -0.39 is 0 Å². The molecule has 0 N–H and O–H groups in total. The zero-order valence-electron chi connectivity index (χ0n) is 26.7. The summed E-state index contributed by atoms with van der Waals surface area (Å²) in [7, 11) is 0. The molecule has 10 aromatic rings. The molecular formula is C45H27N3OS. The van der Waals surface area contributed by atoms with Crippen LogP contribution in [0.25, 0.3) is 98.5 Å². The van der Waals surface area contributed by atoms with Crippen LogP contribution < -0.4 is 0 Å². The fraction of sp³-hybridized carbons (Fsp3) is 0. The van der Waals surface area contributed by atoms with Crippen molar-refractivity contribution in [1.82, 2.24) is 15.0 Å². The van der Waals surface area contributed by atoms with Crippen molar-refractivity contribution in [3.8, 4) is 56.4 Å². The van der Waals surface area contributed by atoms with Gasteiger partial charge in [0.1, 0.15) is 11.2 Å². The molecule has 0 saturated heterocycles. The molecule has 7 aromatic carbocycles. The van der Waals surface area contributed by atoms with E-state index in [4.69, 9.17) is 19.4 Å². The third-order valence-corrected chi connectivity index (χ3v) is 10.5. The van der Waals surface area contributed by atoms with Crippen molar-refractivity contribution in [2.24, 2.45) is 0 Å². The molecule has 50 heavy (non-hydrogen) atoms. The summed E-state index contributed by atoms with van der Waals surface area (Å²) < 4.78 is 8.89. The Labute approximate surface area is 292 Å². The van der Waals surface area contributed by atoms with Crippen LogP contribution >= 0.6 is 11.3 Å². The van der Waals surface area contributed by atoms with Gasteiger partial charge in [0, 0.05) is 47.6 Å². The van der Waals surface area contributed by atoms with Crippen LogP contribution in [0.2, 0.25) is 0 Å². The molecule has 0 atom stereocenters. The molecule has 0 bridgehead atoms. The number of nitrogens with zero attached hydrogens (tertiary/aromatic N) is 3. The summed E-state index contributed by atoms with van der Waals surface area (Å²) in [4.78, 5) is 15.5. The zero-order valence-corrected chi connectivity index (χ0v) is 27.6. The quantitative estimate of drug-likeness (QED) is 0.185. The smallest absolute Gasteiger partial charge is 0.165 e. The second-order valence-electron chi connectivity index (χ2n) is 12.4. The number of para-hydroxylation sites is 1. The van der Waals surface area contributed by atoms with Crippen molar-refractivity contribution in [3.63, 3.8) is 0 Å². The van der Waals surface area contributed by atoms with Crippen molar-refractivity contribution < 1.29 is 4.42 Å². The molecule has 10 rings (SSSR count). The second kappa shape index (κ2) is 11.6. The molecule has 0 aliphatic rings. The van der Waals surface area contributed by atoms with Crippen LogP contribution in [0.5, 0.6) is 0 Å². The molecule has 3 aromatic heterocycles. The van der Waals surface area contributed by atoms with Crippen molar-refractivity contribution in [3.05, 3.63) is 164 Å². The minimum Gasteiger partial charge on any atom is -0.456 e. The Morgan fingerprint density at radius 2 is 0.960 bits per heavy atom. The lowest BCUT2D eigenvalue weighted by Gasteiger charge is -2.17. The van der Waals surface area contributed by atoms with Gasteiger partial charge >= 0.3 is 0 Å². The van der Waals surface area contributed by atoms with Gasteiger partial charge in [0.15, 0.2) is 17.5 Å². The largest absolute Gasteiger partial charge is 0.456 e. The van der Waals surface area contributed by atoms with Gasteiger partial charge in [-0.25, -0.2) is 15.0 Å². The van der Waals surface area contributed by atoms with Gasteiger partial charge in [0.25, 0.3) is 0 Å². The van der Waals surface area contributed by atoms with Crippen LogP contribution in [0.15, 0.2) is 168 Å². The van der Waals surface area contributed by atoms with Crippen LogP contribution in [0.4, 0.5) is 0 Å². The van der Waals surface area contributed by atoms with E-state index in [0.717, 1.165) is 60.9 Å². The standard InChI is InChI=1S/C45H27N3OS/c1-3-13-28(14-4-1)43-46-44(29-15-5-2-6-16-29)48-45(47-43)42-31(30-25-26-33-32-17-7-9-22-37(32)49-38(33)27-30)19-11-20-35(42)34-21-12-24-40-41(34)36-18-8-10-23-39(36)50-40/h1-27H. The molecule has 0 saturated carbocycles. The summed E-state index contributed by atoms with van der Waals surface area (Å²) in [6.45, 7) is 0. The van der Waals surface area contributed by atoms with Gasteiger partial charge in [-0.1, -0.05) is 133 Å². The van der Waals surface area contributed by atoms with E-state index in [9.17, 15) is 0 Å². The summed E-state index contributed by atoms with van der Waals surface area (Å²) in [6, 6.07) is 56.8. The first-order valence-electron chi connectivity index (χ1n) is 16.6. The topological polar surface area (TPSA) is 51.8 Å². The molecule has 234 valence electrons. The Bertz CT molecular complexity index is 2820. The Morgan fingerprint density at radius 1 is 0.380 bits per heavy atom. The summed E-state index contributed by atoms with van der Waals surface area (Å²) in [5.74, 6) is 1.87. The van der Waals surface area contributed by atoms with Gasteiger partial charge in [0.2, 0.25) is 0 Å². The van der Waals surface area contributed by atoms with Crippen LogP contribution in [0.1, 0.15) is 0 Å². The Kier molecular flexibility index (Phi) is 6.64. The fourth-order valence-electron chi connectivity index (χ4n) is 7.07.